The van der Waals surface area contributed by atoms with Crippen molar-refractivity contribution in [3.05, 3.63) is 36.4 Å². The van der Waals surface area contributed by atoms with Gasteiger partial charge in [0.25, 0.3) is 0 Å². The summed E-state index contributed by atoms with van der Waals surface area (Å²) in [4.78, 5) is 0. The summed E-state index contributed by atoms with van der Waals surface area (Å²) in [6.07, 6.45) is 0. The van der Waals surface area contributed by atoms with Crippen LogP contribution in [-0.2, 0) is 98.1 Å². The van der Waals surface area contributed by atoms with Gasteiger partial charge in [0.05, 0.1) is 0 Å². The van der Waals surface area contributed by atoms with E-state index in [-0.39, 0.29) is 98.1 Å². The summed E-state index contributed by atoms with van der Waals surface area (Å²) in [5, 5.41) is 0. The molecule has 0 saturated carbocycles. The minimum Gasteiger partial charge on any atom is -0.184 e. The summed E-state index contributed by atoms with van der Waals surface area (Å²) in [5.74, 6) is 0. The molecule has 0 bridgehead atoms. The van der Waals surface area contributed by atoms with Gasteiger partial charge in [0, 0.05) is 98.1 Å². The summed E-state index contributed by atoms with van der Waals surface area (Å²) in [7, 11) is 0. The second-order valence-electron chi connectivity index (χ2n) is 1.08. The maximum absolute atomic E-state index is 2.89. The molecule has 1 aromatic carbocycles. The minimum absolute atomic E-state index is 0. The van der Waals surface area contributed by atoms with E-state index >= 15 is 0 Å². The molecular weight excluding hydrogens is 339 g/mol. The molecule has 0 N–H and O–H groups in total. The third-order valence-electron chi connectivity index (χ3n) is 0.607. The molecule has 0 amide bonds. The van der Waals surface area contributed by atoms with Crippen molar-refractivity contribution in [2.45, 2.75) is 0 Å². The first-order valence-corrected chi connectivity index (χ1v) is 1.91. The van der Waals surface area contributed by atoms with Gasteiger partial charge >= 0.3 is 0 Å². The predicted octanol–water partition coefficient (Wildman–Crippen LogP) is 1.48. The quantitative estimate of drug-likeness (QED) is 0.626. The molecule has 0 spiro atoms. The zero-order chi connectivity index (χ0) is 4.24. The van der Waals surface area contributed by atoms with Gasteiger partial charge in [-0.3, -0.25) is 0 Å². The molecule has 0 aliphatic carbocycles. The van der Waals surface area contributed by atoms with Gasteiger partial charge in [0.2, 0.25) is 0 Å². The van der Waals surface area contributed by atoms with Gasteiger partial charge in [0.1, 0.15) is 0 Å². The van der Waals surface area contributed by atoms with Crippen LogP contribution in [0.5, 0.6) is 0 Å². The molecule has 0 heterocycles. The second-order valence-corrected chi connectivity index (χ2v) is 1.08. The molecule has 0 fully saturated rings. The molecular formula is C6H5Y3-. The molecule has 0 aromatic heterocycles. The van der Waals surface area contributed by atoms with Crippen LogP contribution >= 0.6 is 0 Å². The molecule has 0 aliphatic rings. The average molecular weight is 344 g/mol. The normalized spacial score (nSPS) is 5.33. The maximum atomic E-state index is 2.89. The van der Waals surface area contributed by atoms with Crippen molar-refractivity contribution in [1.29, 1.82) is 0 Å². The van der Waals surface area contributed by atoms with Crippen molar-refractivity contribution in [2.75, 3.05) is 0 Å². The van der Waals surface area contributed by atoms with Crippen molar-refractivity contribution in [2.24, 2.45) is 0 Å². The number of hydrogen-bond acceptors (Lipinski definition) is 0. The fourth-order valence-corrected chi connectivity index (χ4v) is 0.342. The average Bonchev–Trinajstić information content (AvgIpc) is 1.72. The first-order chi connectivity index (χ1) is 3.00. The van der Waals surface area contributed by atoms with Crippen LogP contribution < -0.4 is 0 Å². The SMILES string of the molecule is [Y].[Y].[Y].[c-]1ccccc1. The molecule has 9 heavy (non-hydrogen) atoms. The van der Waals surface area contributed by atoms with E-state index in [9.17, 15) is 0 Å². The van der Waals surface area contributed by atoms with E-state index in [1.165, 1.54) is 0 Å². The number of rotatable bonds is 0. The largest absolute Gasteiger partial charge is 0.184 e. The Labute approximate surface area is 132 Å². The Kier molecular flexibility index (Phi) is 25.7. The van der Waals surface area contributed by atoms with Crippen LogP contribution in [0.15, 0.2) is 30.3 Å². The molecule has 39 valence electrons. The fraction of sp³-hybridized carbons (Fsp3) is 0. The van der Waals surface area contributed by atoms with Crippen LogP contribution in [-0.4, -0.2) is 0 Å². The van der Waals surface area contributed by atoms with Crippen LogP contribution in [0.4, 0.5) is 0 Å². The smallest absolute Gasteiger partial charge is 0 e. The van der Waals surface area contributed by atoms with Gasteiger partial charge in [0.15, 0.2) is 0 Å². The first kappa shape index (κ1) is 17.6. The van der Waals surface area contributed by atoms with E-state index in [0.29, 0.717) is 0 Å². The first-order valence-electron chi connectivity index (χ1n) is 1.91. The fourth-order valence-electron chi connectivity index (χ4n) is 0.342. The third-order valence-corrected chi connectivity index (χ3v) is 0.607. The maximum Gasteiger partial charge on any atom is 0 e. The van der Waals surface area contributed by atoms with Crippen molar-refractivity contribution < 1.29 is 98.1 Å². The van der Waals surface area contributed by atoms with E-state index in [2.05, 4.69) is 6.07 Å². The Balaban J connectivity index is -0.000000120. The van der Waals surface area contributed by atoms with E-state index < -0.39 is 0 Å². The van der Waals surface area contributed by atoms with Gasteiger partial charge in [-0.2, -0.15) is 36.4 Å². The monoisotopic (exact) mass is 344 g/mol. The Morgan fingerprint density at radius 1 is 0.667 bits per heavy atom. The van der Waals surface area contributed by atoms with Crippen LogP contribution in [0, 0.1) is 6.07 Å². The predicted molar refractivity (Wildman–Crippen MR) is 25.3 cm³/mol. The molecule has 0 saturated heterocycles. The summed E-state index contributed by atoms with van der Waals surface area (Å²) in [5.41, 5.74) is 0. The van der Waals surface area contributed by atoms with Gasteiger partial charge in [-0.25, -0.2) is 0 Å². The zero-order valence-electron chi connectivity index (χ0n) is 5.12. The Morgan fingerprint density at radius 3 is 1.22 bits per heavy atom. The van der Waals surface area contributed by atoms with Crippen molar-refractivity contribution in [3.63, 3.8) is 0 Å². The zero-order valence-corrected chi connectivity index (χ0v) is 13.6. The standard InChI is InChI=1S/C6H5.3Y/c1-2-4-6-5-3-1;;;/h1-5H;;;/q-1;;;. The molecule has 0 nitrogen and oxygen atoms in total. The Hall–Kier alpha value is 2.53. The number of benzene rings is 1. The van der Waals surface area contributed by atoms with E-state index in [1.807, 2.05) is 30.3 Å². The van der Waals surface area contributed by atoms with Crippen LogP contribution in [0.3, 0.4) is 0 Å². The van der Waals surface area contributed by atoms with Crippen molar-refractivity contribution in [1.82, 2.24) is 0 Å². The molecule has 1 rings (SSSR count). The Morgan fingerprint density at radius 2 is 1.11 bits per heavy atom. The molecule has 1 aromatic rings. The van der Waals surface area contributed by atoms with Crippen molar-refractivity contribution in [3.8, 4) is 0 Å². The Bertz CT molecular complexity index is 80.2. The van der Waals surface area contributed by atoms with Gasteiger partial charge in [-0.15, -0.1) is 0 Å². The molecule has 0 unspecified atom stereocenters. The number of hydrogen-bond donors (Lipinski definition) is 0. The summed E-state index contributed by atoms with van der Waals surface area (Å²) < 4.78 is 0. The minimum atomic E-state index is 0. The van der Waals surface area contributed by atoms with Gasteiger partial charge in [-0.1, -0.05) is 0 Å². The third kappa shape index (κ3) is 10.5. The van der Waals surface area contributed by atoms with E-state index in [1.54, 1.807) is 0 Å². The summed E-state index contributed by atoms with van der Waals surface area (Å²) >= 11 is 0. The van der Waals surface area contributed by atoms with Crippen LogP contribution in [0.25, 0.3) is 0 Å². The van der Waals surface area contributed by atoms with Crippen molar-refractivity contribution >= 4 is 0 Å². The molecule has 3 heteroatoms. The van der Waals surface area contributed by atoms with Crippen LogP contribution in [0.2, 0.25) is 0 Å². The molecule has 0 atom stereocenters. The second kappa shape index (κ2) is 13.1. The summed E-state index contributed by atoms with van der Waals surface area (Å²) in [6.45, 7) is 0. The van der Waals surface area contributed by atoms with E-state index in [0.717, 1.165) is 0 Å². The van der Waals surface area contributed by atoms with Gasteiger partial charge < -0.3 is 0 Å². The molecule has 0 aliphatic heterocycles. The van der Waals surface area contributed by atoms with Crippen LogP contribution in [0.1, 0.15) is 0 Å². The topological polar surface area (TPSA) is 0 Å². The van der Waals surface area contributed by atoms with E-state index in [4.69, 9.17) is 0 Å². The van der Waals surface area contributed by atoms with Gasteiger partial charge in [-0.05, 0) is 0 Å². The summed E-state index contributed by atoms with van der Waals surface area (Å²) in [6, 6.07) is 12.5. The molecule has 3 radical (unpaired) electrons.